The number of hydrogen-bond acceptors (Lipinski definition) is 3. The predicted octanol–water partition coefficient (Wildman–Crippen LogP) is 3.88. The van der Waals surface area contributed by atoms with Crippen molar-refractivity contribution in [3.05, 3.63) is 24.0 Å². The molecule has 0 aliphatic heterocycles. The third kappa shape index (κ3) is 5.00. The smallest absolute Gasteiger partial charge is 0.146 e. The topological polar surface area (TPSA) is 49.7 Å². The molecule has 0 amide bonds. The summed E-state index contributed by atoms with van der Waals surface area (Å²) in [7, 11) is 1.52. The van der Waals surface area contributed by atoms with Gasteiger partial charge in [0.25, 0.3) is 0 Å². The second kappa shape index (κ2) is 8.39. The molecule has 3 heteroatoms. The highest BCUT2D eigenvalue weighted by molar-refractivity contribution is 5.26. The van der Waals surface area contributed by atoms with E-state index in [4.69, 9.17) is 4.74 Å². The lowest BCUT2D eigenvalue weighted by Gasteiger charge is -2.34. The monoisotopic (exact) mass is 268 g/mol. The maximum atomic E-state index is 10.5. The van der Waals surface area contributed by atoms with E-state index in [0.29, 0.717) is 6.42 Å². The van der Waals surface area contributed by atoms with Crippen LogP contribution in [-0.4, -0.2) is 29.0 Å². The van der Waals surface area contributed by atoms with E-state index >= 15 is 0 Å². The summed E-state index contributed by atoms with van der Waals surface area (Å²) < 4.78 is 5.21. The highest BCUT2D eigenvalue weighted by Crippen LogP contribution is 2.30. The zero-order chi connectivity index (χ0) is 14.1. The number of aliphatic hydroxyl groups is 2. The van der Waals surface area contributed by atoms with E-state index in [9.17, 15) is 10.2 Å². The van der Waals surface area contributed by atoms with Crippen molar-refractivity contribution in [2.75, 3.05) is 7.11 Å². The Morgan fingerprint density at radius 2 is 1.79 bits per heavy atom. The molecule has 0 aromatic heterocycles. The van der Waals surface area contributed by atoms with Gasteiger partial charge in [0.15, 0.2) is 0 Å². The first-order valence-corrected chi connectivity index (χ1v) is 7.47. The van der Waals surface area contributed by atoms with E-state index < -0.39 is 11.7 Å². The number of aliphatic hydroxyl groups excluding tert-OH is 1. The van der Waals surface area contributed by atoms with Crippen LogP contribution < -0.4 is 0 Å². The van der Waals surface area contributed by atoms with Gasteiger partial charge >= 0.3 is 0 Å². The van der Waals surface area contributed by atoms with E-state index in [2.05, 4.69) is 6.92 Å². The highest BCUT2D eigenvalue weighted by atomic mass is 16.5. The van der Waals surface area contributed by atoms with Gasteiger partial charge in [0, 0.05) is 7.11 Å². The molecule has 0 aromatic rings. The van der Waals surface area contributed by atoms with Crippen LogP contribution in [0.1, 0.15) is 58.3 Å². The van der Waals surface area contributed by atoms with Gasteiger partial charge in [-0.2, -0.15) is 0 Å². The minimum Gasteiger partial charge on any atom is -0.509 e. The van der Waals surface area contributed by atoms with E-state index in [0.717, 1.165) is 12.8 Å². The molecule has 0 spiro atoms. The first-order valence-electron chi connectivity index (χ1n) is 7.47. The van der Waals surface area contributed by atoms with E-state index in [1.54, 1.807) is 18.2 Å². The number of allylic oxidation sites excluding steroid dienone is 2. The number of ether oxygens (including phenoxy) is 1. The Kier molecular flexibility index (Phi) is 7.17. The molecule has 1 rings (SSSR count). The molecular formula is C16H28O3. The Bertz CT molecular complexity index is 309. The number of rotatable bonds is 9. The van der Waals surface area contributed by atoms with E-state index in [1.165, 1.54) is 39.2 Å². The SMILES string of the molecule is CCCCCCCCCC1(O)C=CC=C(O)C1OC. The summed E-state index contributed by atoms with van der Waals surface area (Å²) in [6, 6.07) is 0. The molecule has 0 saturated carbocycles. The molecule has 19 heavy (non-hydrogen) atoms. The van der Waals surface area contributed by atoms with Gasteiger partial charge in [-0.05, 0) is 18.6 Å². The summed E-state index contributed by atoms with van der Waals surface area (Å²) in [6.45, 7) is 2.22. The molecule has 0 aromatic carbocycles. The van der Waals surface area contributed by atoms with Crippen molar-refractivity contribution >= 4 is 0 Å². The van der Waals surface area contributed by atoms with Crippen LogP contribution in [0, 0.1) is 0 Å². The Morgan fingerprint density at radius 1 is 1.16 bits per heavy atom. The minimum atomic E-state index is -1.06. The molecule has 0 heterocycles. The maximum absolute atomic E-state index is 10.5. The Labute approximate surface area is 117 Å². The Hall–Kier alpha value is -0.800. The zero-order valence-electron chi connectivity index (χ0n) is 12.3. The molecule has 2 atom stereocenters. The second-order valence-corrected chi connectivity index (χ2v) is 5.43. The predicted molar refractivity (Wildman–Crippen MR) is 78.2 cm³/mol. The fourth-order valence-corrected chi connectivity index (χ4v) is 2.65. The lowest BCUT2D eigenvalue weighted by molar-refractivity contribution is -0.0668. The van der Waals surface area contributed by atoms with Crippen LogP contribution in [0.2, 0.25) is 0 Å². The van der Waals surface area contributed by atoms with Gasteiger partial charge in [0.2, 0.25) is 0 Å². The summed E-state index contributed by atoms with van der Waals surface area (Å²) in [5, 5.41) is 20.3. The molecule has 0 fully saturated rings. The molecule has 2 unspecified atom stereocenters. The van der Waals surface area contributed by atoms with Crippen LogP contribution in [0.5, 0.6) is 0 Å². The van der Waals surface area contributed by atoms with Crippen LogP contribution in [0.4, 0.5) is 0 Å². The van der Waals surface area contributed by atoms with Gasteiger partial charge in [-0.25, -0.2) is 0 Å². The first kappa shape index (κ1) is 16.3. The molecule has 2 N–H and O–H groups in total. The Balaban J connectivity index is 2.27. The van der Waals surface area contributed by atoms with E-state index in [-0.39, 0.29) is 5.76 Å². The second-order valence-electron chi connectivity index (χ2n) is 5.43. The van der Waals surface area contributed by atoms with Crippen LogP contribution in [0.25, 0.3) is 0 Å². The van der Waals surface area contributed by atoms with Crippen molar-refractivity contribution in [1.82, 2.24) is 0 Å². The first-order chi connectivity index (χ1) is 9.14. The zero-order valence-corrected chi connectivity index (χ0v) is 12.3. The third-order valence-electron chi connectivity index (χ3n) is 3.79. The standard InChI is InChI=1S/C16H28O3/c1-3-4-5-6-7-8-9-12-16(18)13-10-11-14(17)15(16)19-2/h10-11,13,15,17-18H,3-9,12H2,1-2H3. The summed E-state index contributed by atoms with van der Waals surface area (Å²) in [5.74, 6) is 0.107. The van der Waals surface area contributed by atoms with Gasteiger partial charge < -0.3 is 14.9 Å². The summed E-state index contributed by atoms with van der Waals surface area (Å²) in [5.41, 5.74) is -1.06. The van der Waals surface area contributed by atoms with Crippen molar-refractivity contribution in [3.8, 4) is 0 Å². The average molecular weight is 268 g/mol. The van der Waals surface area contributed by atoms with Crippen molar-refractivity contribution < 1.29 is 14.9 Å². The van der Waals surface area contributed by atoms with Crippen LogP contribution in [-0.2, 0) is 4.74 Å². The van der Waals surface area contributed by atoms with Crippen molar-refractivity contribution in [2.24, 2.45) is 0 Å². The van der Waals surface area contributed by atoms with Crippen LogP contribution >= 0.6 is 0 Å². The normalized spacial score (nSPS) is 26.5. The molecular weight excluding hydrogens is 240 g/mol. The quantitative estimate of drug-likeness (QED) is 0.624. The lowest BCUT2D eigenvalue weighted by Crippen LogP contribution is -2.44. The van der Waals surface area contributed by atoms with Gasteiger partial charge in [-0.15, -0.1) is 0 Å². The van der Waals surface area contributed by atoms with Crippen LogP contribution in [0.3, 0.4) is 0 Å². The fraction of sp³-hybridized carbons (Fsp3) is 0.750. The molecule has 1 aliphatic rings. The largest absolute Gasteiger partial charge is 0.509 e. The highest BCUT2D eigenvalue weighted by Gasteiger charge is 2.38. The summed E-state index contributed by atoms with van der Waals surface area (Å²) >= 11 is 0. The molecule has 0 saturated heterocycles. The van der Waals surface area contributed by atoms with Gasteiger partial charge in [0.1, 0.15) is 17.5 Å². The molecule has 0 radical (unpaired) electrons. The van der Waals surface area contributed by atoms with Crippen LogP contribution in [0.15, 0.2) is 24.0 Å². The van der Waals surface area contributed by atoms with Crippen molar-refractivity contribution in [3.63, 3.8) is 0 Å². The average Bonchev–Trinajstić information content (AvgIpc) is 2.38. The van der Waals surface area contributed by atoms with E-state index in [1.807, 2.05) is 0 Å². The van der Waals surface area contributed by atoms with Gasteiger partial charge in [-0.3, -0.25) is 0 Å². The number of unbranched alkanes of at least 4 members (excludes halogenated alkanes) is 6. The minimum absolute atomic E-state index is 0.107. The van der Waals surface area contributed by atoms with Gasteiger partial charge in [0.05, 0.1) is 0 Å². The molecule has 0 bridgehead atoms. The molecule has 3 nitrogen and oxygen atoms in total. The Morgan fingerprint density at radius 3 is 2.42 bits per heavy atom. The van der Waals surface area contributed by atoms with Crippen molar-refractivity contribution in [2.45, 2.75) is 70.0 Å². The molecule has 110 valence electrons. The number of hydrogen-bond donors (Lipinski definition) is 2. The van der Waals surface area contributed by atoms with Crippen molar-refractivity contribution in [1.29, 1.82) is 0 Å². The maximum Gasteiger partial charge on any atom is 0.146 e. The molecule has 1 aliphatic carbocycles. The summed E-state index contributed by atoms with van der Waals surface area (Å²) in [6.07, 6.45) is 13.5. The third-order valence-corrected chi connectivity index (χ3v) is 3.79. The lowest BCUT2D eigenvalue weighted by atomic mass is 9.85. The van der Waals surface area contributed by atoms with Gasteiger partial charge in [-0.1, -0.05) is 57.9 Å². The summed E-state index contributed by atoms with van der Waals surface area (Å²) in [4.78, 5) is 0. The fourth-order valence-electron chi connectivity index (χ4n) is 2.65. The number of methoxy groups -OCH3 is 1.